The van der Waals surface area contributed by atoms with Gasteiger partial charge in [-0.25, -0.2) is 9.97 Å². The molecule has 1 fully saturated rings. The lowest BCUT2D eigenvalue weighted by Crippen LogP contribution is -2.61. The standard InChI is InChI=1S/C29H44N8O3Si/c1-18(28(39)36-14-19(30)15-36)32-27(38)21-16-37(17-40-10-11-41(5,6)7)26-25(21)33-22(13-31-26)24-20-12-29(2,3)9-8-23(20)35(4)34-24/h13,16,18-19H,8-12,14-15,17,30H2,1-7H3,(H,32,38)/t18-/m1/s1. The molecule has 4 heterocycles. The Labute approximate surface area is 242 Å². The van der Waals surface area contributed by atoms with Gasteiger partial charge in [0, 0.05) is 58.3 Å². The molecular formula is C29H44N8O3Si. The molecule has 1 saturated heterocycles. The molecule has 0 saturated carbocycles. The molecule has 3 aromatic rings. The molecule has 5 rings (SSSR count). The second-order valence-corrected chi connectivity index (χ2v) is 19.3. The summed E-state index contributed by atoms with van der Waals surface area (Å²) in [4.78, 5) is 37.8. The van der Waals surface area contributed by atoms with Crippen LogP contribution < -0.4 is 11.1 Å². The number of aryl methyl sites for hydroxylation is 1. The van der Waals surface area contributed by atoms with Gasteiger partial charge in [0.05, 0.1) is 11.8 Å². The van der Waals surface area contributed by atoms with Crippen molar-refractivity contribution in [2.45, 2.75) is 84.5 Å². The number of ether oxygens (including phenoxy) is 1. The zero-order valence-electron chi connectivity index (χ0n) is 25.5. The Bertz CT molecular complexity index is 1460. The number of hydrogen-bond donors (Lipinski definition) is 2. The molecule has 12 heteroatoms. The number of nitrogens with one attached hydrogen (secondary N) is 1. The predicted octanol–water partition coefficient (Wildman–Crippen LogP) is 2.95. The largest absolute Gasteiger partial charge is 0.361 e. The topological polar surface area (TPSA) is 133 Å². The predicted molar refractivity (Wildman–Crippen MR) is 161 cm³/mol. The fraction of sp³-hybridized carbons (Fsp3) is 0.621. The van der Waals surface area contributed by atoms with Crippen LogP contribution in [-0.4, -0.2) is 80.9 Å². The van der Waals surface area contributed by atoms with E-state index in [9.17, 15) is 9.59 Å². The van der Waals surface area contributed by atoms with Gasteiger partial charge in [-0.1, -0.05) is 33.5 Å². The number of rotatable bonds is 9. The number of amides is 2. The molecular weight excluding hydrogens is 536 g/mol. The minimum absolute atomic E-state index is 0.00242. The first-order valence-electron chi connectivity index (χ1n) is 14.6. The Morgan fingerprint density at radius 3 is 2.68 bits per heavy atom. The number of likely N-dealkylation sites (tertiary alicyclic amines) is 1. The zero-order chi connectivity index (χ0) is 29.7. The first-order chi connectivity index (χ1) is 19.2. The van der Waals surface area contributed by atoms with E-state index in [-0.39, 0.29) is 30.0 Å². The number of nitrogens with two attached hydrogens (primary N) is 1. The summed E-state index contributed by atoms with van der Waals surface area (Å²) in [5.74, 6) is -0.523. The Balaban J connectivity index is 1.47. The molecule has 0 spiro atoms. The summed E-state index contributed by atoms with van der Waals surface area (Å²) in [6, 6.07) is 0.344. The highest BCUT2D eigenvalue weighted by atomic mass is 28.3. The second-order valence-electron chi connectivity index (χ2n) is 13.7. The van der Waals surface area contributed by atoms with E-state index in [0.717, 1.165) is 31.0 Å². The van der Waals surface area contributed by atoms with E-state index in [2.05, 4.69) is 38.8 Å². The van der Waals surface area contributed by atoms with Crippen LogP contribution in [0.25, 0.3) is 22.6 Å². The molecule has 2 aliphatic rings. The Hall–Kier alpha value is -3.09. The van der Waals surface area contributed by atoms with Gasteiger partial charge in [-0.05, 0) is 37.6 Å². The van der Waals surface area contributed by atoms with Crippen LogP contribution in [0.1, 0.15) is 48.8 Å². The second kappa shape index (κ2) is 11.0. The highest BCUT2D eigenvalue weighted by molar-refractivity contribution is 6.76. The van der Waals surface area contributed by atoms with Crippen molar-refractivity contribution >= 4 is 31.1 Å². The molecule has 41 heavy (non-hydrogen) atoms. The van der Waals surface area contributed by atoms with Crippen LogP contribution in [0.15, 0.2) is 12.4 Å². The minimum Gasteiger partial charge on any atom is -0.361 e. The number of fused-ring (bicyclic) bond motifs is 2. The molecule has 1 aliphatic heterocycles. The van der Waals surface area contributed by atoms with E-state index in [1.165, 1.54) is 11.3 Å². The molecule has 3 N–H and O–H groups in total. The molecule has 222 valence electrons. The molecule has 1 atom stereocenters. The third-order valence-corrected chi connectivity index (χ3v) is 9.89. The van der Waals surface area contributed by atoms with Gasteiger partial charge in [0.2, 0.25) is 5.91 Å². The van der Waals surface area contributed by atoms with Gasteiger partial charge in [0.15, 0.2) is 5.65 Å². The quantitative estimate of drug-likeness (QED) is 0.294. The fourth-order valence-corrected chi connectivity index (χ4v) is 6.36. The number of aromatic nitrogens is 5. The summed E-state index contributed by atoms with van der Waals surface area (Å²) in [6.07, 6.45) is 6.45. The van der Waals surface area contributed by atoms with Crippen molar-refractivity contribution in [2.24, 2.45) is 18.2 Å². The van der Waals surface area contributed by atoms with Gasteiger partial charge >= 0.3 is 0 Å². The maximum Gasteiger partial charge on any atom is 0.255 e. The van der Waals surface area contributed by atoms with Gasteiger partial charge in [-0.2, -0.15) is 5.10 Å². The van der Waals surface area contributed by atoms with Crippen molar-refractivity contribution in [3.63, 3.8) is 0 Å². The molecule has 0 aromatic carbocycles. The van der Waals surface area contributed by atoms with E-state index in [4.69, 9.17) is 25.5 Å². The van der Waals surface area contributed by atoms with Crippen LogP contribution in [0.3, 0.4) is 0 Å². The average Bonchev–Trinajstić information content (AvgIpc) is 3.39. The first kappa shape index (κ1) is 29.4. The Morgan fingerprint density at radius 1 is 1.27 bits per heavy atom. The van der Waals surface area contributed by atoms with E-state index in [1.54, 1.807) is 24.2 Å². The molecule has 11 nitrogen and oxygen atoms in total. The van der Waals surface area contributed by atoms with Gasteiger partial charge in [0.25, 0.3) is 5.91 Å². The molecule has 2 amide bonds. The van der Waals surface area contributed by atoms with E-state index in [1.807, 2.05) is 16.3 Å². The summed E-state index contributed by atoms with van der Waals surface area (Å²) in [5.41, 5.74) is 11.3. The zero-order valence-corrected chi connectivity index (χ0v) is 26.5. The smallest absolute Gasteiger partial charge is 0.255 e. The monoisotopic (exact) mass is 580 g/mol. The fourth-order valence-electron chi connectivity index (χ4n) is 5.60. The van der Waals surface area contributed by atoms with Crippen LogP contribution in [-0.2, 0) is 36.2 Å². The van der Waals surface area contributed by atoms with Gasteiger partial charge in [-0.15, -0.1) is 0 Å². The highest BCUT2D eigenvalue weighted by Crippen LogP contribution is 2.39. The summed E-state index contributed by atoms with van der Waals surface area (Å²) in [6.45, 7) is 15.1. The van der Waals surface area contributed by atoms with Crippen molar-refractivity contribution < 1.29 is 14.3 Å². The Morgan fingerprint density at radius 2 is 2.00 bits per heavy atom. The third kappa shape index (κ3) is 6.24. The molecule has 1 aliphatic carbocycles. The van der Waals surface area contributed by atoms with Crippen molar-refractivity contribution in [1.29, 1.82) is 0 Å². The summed E-state index contributed by atoms with van der Waals surface area (Å²) >= 11 is 0. The van der Waals surface area contributed by atoms with E-state index >= 15 is 0 Å². The maximum atomic E-state index is 13.6. The highest BCUT2D eigenvalue weighted by Gasteiger charge is 2.33. The lowest BCUT2D eigenvalue weighted by Gasteiger charge is -2.38. The molecule has 0 radical (unpaired) electrons. The van der Waals surface area contributed by atoms with Crippen molar-refractivity contribution in [3.8, 4) is 11.4 Å². The lowest BCUT2D eigenvalue weighted by atomic mass is 9.75. The number of carbonyl (C=O) groups is 2. The Kier molecular flexibility index (Phi) is 7.86. The average molecular weight is 581 g/mol. The molecule has 0 bridgehead atoms. The van der Waals surface area contributed by atoms with Crippen LogP contribution in [0.2, 0.25) is 25.7 Å². The summed E-state index contributed by atoms with van der Waals surface area (Å²) in [5, 5.41) is 7.71. The lowest BCUT2D eigenvalue weighted by molar-refractivity contribution is -0.137. The number of nitrogens with zero attached hydrogens (tertiary/aromatic N) is 6. The summed E-state index contributed by atoms with van der Waals surface area (Å²) < 4.78 is 9.78. The van der Waals surface area contributed by atoms with E-state index in [0.29, 0.717) is 42.1 Å². The number of carbonyl (C=O) groups excluding carboxylic acids is 2. The van der Waals surface area contributed by atoms with Crippen molar-refractivity contribution in [1.82, 2.24) is 34.5 Å². The van der Waals surface area contributed by atoms with Crippen LogP contribution >= 0.6 is 0 Å². The van der Waals surface area contributed by atoms with E-state index < -0.39 is 14.1 Å². The van der Waals surface area contributed by atoms with Gasteiger partial charge in [0.1, 0.15) is 29.7 Å². The molecule has 3 aromatic heterocycles. The van der Waals surface area contributed by atoms with Crippen LogP contribution in [0.4, 0.5) is 0 Å². The normalized spacial score (nSPS) is 17.8. The van der Waals surface area contributed by atoms with Gasteiger partial charge < -0.3 is 25.3 Å². The van der Waals surface area contributed by atoms with Crippen molar-refractivity contribution in [2.75, 3.05) is 19.7 Å². The van der Waals surface area contributed by atoms with Gasteiger partial charge in [-0.3, -0.25) is 14.3 Å². The van der Waals surface area contributed by atoms with Crippen molar-refractivity contribution in [3.05, 3.63) is 29.2 Å². The minimum atomic E-state index is -1.25. The number of hydrogen-bond acceptors (Lipinski definition) is 7. The summed E-state index contributed by atoms with van der Waals surface area (Å²) in [7, 11) is 0.728. The third-order valence-electron chi connectivity index (χ3n) is 8.19. The SMILES string of the molecule is C[C@@H](NC(=O)c1cn(COCC[Si](C)(C)C)c2ncc(-c3nn(C)c4c3CC(C)(C)CC4)nc12)C(=O)N1CC(N)C1. The van der Waals surface area contributed by atoms with Crippen LogP contribution in [0, 0.1) is 5.41 Å². The van der Waals surface area contributed by atoms with Crippen LogP contribution in [0.5, 0.6) is 0 Å². The maximum absolute atomic E-state index is 13.6. The first-order valence-corrected chi connectivity index (χ1v) is 18.3. The molecule has 0 unspecified atom stereocenters.